The van der Waals surface area contributed by atoms with Crippen LogP contribution in [0.2, 0.25) is 0 Å². The van der Waals surface area contributed by atoms with Crippen LogP contribution >= 0.6 is 0 Å². The number of rotatable bonds is 6. The van der Waals surface area contributed by atoms with E-state index >= 15 is 0 Å². The minimum atomic E-state index is -1.00. The van der Waals surface area contributed by atoms with Gasteiger partial charge in [-0.3, -0.25) is 9.69 Å². The predicted octanol–water partition coefficient (Wildman–Crippen LogP) is 3.40. The fourth-order valence-corrected chi connectivity index (χ4v) is 3.80. The van der Waals surface area contributed by atoms with E-state index in [1.807, 2.05) is 36.4 Å². The predicted molar refractivity (Wildman–Crippen MR) is 115 cm³/mol. The largest absolute Gasteiger partial charge is 0.478 e. The Hall–Kier alpha value is -3.22. The summed E-state index contributed by atoms with van der Waals surface area (Å²) in [5, 5.41) is 24.6. The molecular formula is C24H24N2O4. The van der Waals surface area contributed by atoms with Gasteiger partial charge in [0.2, 0.25) is 0 Å². The molecule has 3 aromatic carbocycles. The number of fused-ring (bicyclic) bond motifs is 1. The van der Waals surface area contributed by atoms with E-state index in [4.69, 9.17) is 5.11 Å². The number of hydrogen-bond acceptors (Lipinski definition) is 4. The number of nitrogens with one attached hydrogen (secondary N) is 1. The molecule has 1 unspecified atom stereocenters. The van der Waals surface area contributed by atoms with Gasteiger partial charge in [-0.2, -0.15) is 0 Å². The topological polar surface area (TPSA) is 89.9 Å². The van der Waals surface area contributed by atoms with E-state index in [9.17, 15) is 14.7 Å². The first-order valence-electron chi connectivity index (χ1n) is 10.1. The van der Waals surface area contributed by atoms with Crippen molar-refractivity contribution in [2.45, 2.75) is 18.9 Å². The Balaban J connectivity index is 1.53. The average molecular weight is 404 g/mol. The minimum absolute atomic E-state index is 0.112. The van der Waals surface area contributed by atoms with Crippen molar-refractivity contribution in [2.75, 3.05) is 19.8 Å². The second kappa shape index (κ2) is 8.65. The standard InChI is InChI=1S/C24H24N2O4/c27-22(17-5-7-18(8-6-17)24(29)30)19-9-3-16-4-10-20(14-21(16)13-19)23(28)25-15-26-11-1-2-12-26/h3-10,13-14,22,27H,1-2,11-12,15H2,(H,25,28)(H,29,30). The summed E-state index contributed by atoms with van der Waals surface area (Å²) in [6, 6.07) is 17.3. The fourth-order valence-electron chi connectivity index (χ4n) is 3.80. The number of likely N-dealkylation sites (tertiary alicyclic amines) is 1. The van der Waals surface area contributed by atoms with Crippen molar-refractivity contribution < 1.29 is 19.8 Å². The van der Waals surface area contributed by atoms with Crippen LogP contribution in [0.1, 0.15) is 50.8 Å². The summed E-state index contributed by atoms with van der Waals surface area (Å²) >= 11 is 0. The molecule has 1 aliphatic heterocycles. The lowest BCUT2D eigenvalue weighted by Crippen LogP contribution is -2.35. The van der Waals surface area contributed by atoms with E-state index in [2.05, 4.69) is 10.2 Å². The van der Waals surface area contributed by atoms with Gasteiger partial charge in [0.25, 0.3) is 5.91 Å². The Morgan fingerprint density at radius 1 is 0.867 bits per heavy atom. The van der Waals surface area contributed by atoms with Gasteiger partial charge in [0.05, 0.1) is 12.2 Å². The first-order valence-corrected chi connectivity index (χ1v) is 10.1. The lowest BCUT2D eigenvalue weighted by Gasteiger charge is -2.16. The summed E-state index contributed by atoms with van der Waals surface area (Å²) in [6.45, 7) is 2.60. The molecule has 4 rings (SSSR count). The molecule has 1 aliphatic rings. The molecule has 1 saturated heterocycles. The first kappa shape index (κ1) is 20.1. The summed E-state index contributed by atoms with van der Waals surface area (Å²) in [5.74, 6) is -1.11. The summed E-state index contributed by atoms with van der Waals surface area (Å²) in [4.78, 5) is 25.8. The van der Waals surface area contributed by atoms with Crippen molar-refractivity contribution in [1.29, 1.82) is 0 Å². The number of hydrogen-bond donors (Lipinski definition) is 3. The molecule has 1 atom stereocenters. The van der Waals surface area contributed by atoms with E-state index in [0.29, 0.717) is 23.4 Å². The van der Waals surface area contributed by atoms with Gasteiger partial charge in [0.15, 0.2) is 0 Å². The summed E-state index contributed by atoms with van der Waals surface area (Å²) in [5.41, 5.74) is 2.05. The number of carboxylic acids is 1. The fraction of sp³-hybridized carbons (Fsp3) is 0.250. The Bertz CT molecular complexity index is 1070. The minimum Gasteiger partial charge on any atom is -0.478 e. The van der Waals surface area contributed by atoms with Crippen molar-refractivity contribution in [3.63, 3.8) is 0 Å². The maximum absolute atomic E-state index is 12.5. The second-order valence-electron chi connectivity index (χ2n) is 7.64. The zero-order valence-corrected chi connectivity index (χ0v) is 16.5. The summed E-state index contributed by atoms with van der Waals surface area (Å²) < 4.78 is 0. The van der Waals surface area contributed by atoms with Crippen LogP contribution in [-0.2, 0) is 0 Å². The van der Waals surface area contributed by atoms with Gasteiger partial charge >= 0.3 is 5.97 Å². The molecule has 154 valence electrons. The van der Waals surface area contributed by atoms with Crippen LogP contribution in [0.4, 0.5) is 0 Å². The number of benzene rings is 3. The average Bonchev–Trinajstić information content (AvgIpc) is 3.30. The highest BCUT2D eigenvalue weighted by atomic mass is 16.4. The third kappa shape index (κ3) is 4.35. The molecule has 0 spiro atoms. The number of aromatic carboxylic acids is 1. The SMILES string of the molecule is O=C(O)c1ccc(C(O)c2ccc3ccc(C(=O)NCN4CCCC4)cc3c2)cc1. The van der Waals surface area contributed by atoms with Gasteiger partial charge < -0.3 is 15.5 Å². The van der Waals surface area contributed by atoms with Crippen LogP contribution in [0.25, 0.3) is 10.8 Å². The van der Waals surface area contributed by atoms with Crippen molar-refractivity contribution in [2.24, 2.45) is 0 Å². The second-order valence-corrected chi connectivity index (χ2v) is 7.64. The van der Waals surface area contributed by atoms with Gasteiger partial charge in [-0.1, -0.05) is 30.3 Å². The highest BCUT2D eigenvalue weighted by Gasteiger charge is 2.15. The van der Waals surface area contributed by atoms with E-state index in [0.717, 1.165) is 23.9 Å². The number of nitrogens with zero attached hydrogens (tertiary/aromatic N) is 1. The van der Waals surface area contributed by atoms with Gasteiger partial charge in [0.1, 0.15) is 6.10 Å². The highest BCUT2D eigenvalue weighted by Crippen LogP contribution is 2.26. The molecule has 1 amide bonds. The third-order valence-electron chi connectivity index (χ3n) is 5.58. The quantitative estimate of drug-likeness (QED) is 0.586. The Labute approximate surface area is 174 Å². The number of aliphatic hydroxyl groups excluding tert-OH is 1. The zero-order chi connectivity index (χ0) is 21.1. The van der Waals surface area contributed by atoms with Crippen LogP contribution in [0, 0.1) is 0 Å². The zero-order valence-electron chi connectivity index (χ0n) is 16.5. The highest BCUT2D eigenvalue weighted by molar-refractivity contribution is 5.98. The van der Waals surface area contributed by atoms with Crippen molar-refractivity contribution in [3.8, 4) is 0 Å². The first-order chi connectivity index (χ1) is 14.5. The molecule has 0 saturated carbocycles. The smallest absolute Gasteiger partial charge is 0.335 e. The number of carboxylic acid groups (broad SMARTS) is 1. The monoisotopic (exact) mass is 404 g/mol. The lowest BCUT2D eigenvalue weighted by atomic mass is 9.97. The normalized spacial score (nSPS) is 15.2. The molecule has 3 aromatic rings. The molecule has 6 nitrogen and oxygen atoms in total. The van der Waals surface area contributed by atoms with Crippen LogP contribution in [0.15, 0.2) is 60.7 Å². The van der Waals surface area contributed by atoms with E-state index in [1.165, 1.54) is 25.0 Å². The van der Waals surface area contributed by atoms with E-state index < -0.39 is 12.1 Å². The van der Waals surface area contributed by atoms with Crippen molar-refractivity contribution in [1.82, 2.24) is 10.2 Å². The molecule has 6 heteroatoms. The third-order valence-corrected chi connectivity index (χ3v) is 5.58. The molecule has 0 aromatic heterocycles. The summed E-state index contributed by atoms with van der Waals surface area (Å²) in [6.07, 6.45) is 1.47. The molecular weight excluding hydrogens is 380 g/mol. The maximum Gasteiger partial charge on any atom is 0.335 e. The number of carbonyl (C=O) groups is 2. The molecule has 0 radical (unpaired) electrons. The molecule has 30 heavy (non-hydrogen) atoms. The molecule has 3 N–H and O–H groups in total. The van der Waals surface area contributed by atoms with Gasteiger partial charge in [-0.15, -0.1) is 0 Å². The van der Waals surface area contributed by atoms with Crippen LogP contribution in [-0.4, -0.2) is 46.7 Å². The molecule has 0 bridgehead atoms. The Morgan fingerprint density at radius 2 is 1.50 bits per heavy atom. The molecule has 1 heterocycles. The Morgan fingerprint density at radius 3 is 2.20 bits per heavy atom. The molecule has 1 fully saturated rings. The maximum atomic E-state index is 12.5. The van der Waals surface area contributed by atoms with E-state index in [-0.39, 0.29) is 11.5 Å². The molecule has 0 aliphatic carbocycles. The lowest BCUT2D eigenvalue weighted by molar-refractivity contribution is 0.0696. The van der Waals surface area contributed by atoms with Crippen LogP contribution < -0.4 is 5.32 Å². The van der Waals surface area contributed by atoms with Gasteiger partial charge in [-0.05, 0) is 78.2 Å². The van der Waals surface area contributed by atoms with Gasteiger partial charge in [0, 0.05) is 5.56 Å². The van der Waals surface area contributed by atoms with Crippen molar-refractivity contribution in [3.05, 3.63) is 82.9 Å². The summed E-state index contributed by atoms with van der Waals surface area (Å²) in [7, 11) is 0. The van der Waals surface area contributed by atoms with Crippen molar-refractivity contribution >= 4 is 22.6 Å². The number of aliphatic hydroxyl groups is 1. The number of amides is 1. The van der Waals surface area contributed by atoms with Gasteiger partial charge in [-0.25, -0.2) is 4.79 Å². The number of carbonyl (C=O) groups excluding carboxylic acids is 1. The Kier molecular flexibility index (Phi) is 5.79. The van der Waals surface area contributed by atoms with Crippen LogP contribution in [0.3, 0.4) is 0 Å². The van der Waals surface area contributed by atoms with E-state index in [1.54, 1.807) is 12.1 Å². The van der Waals surface area contributed by atoms with Crippen LogP contribution in [0.5, 0.6) is 0 Å².